The molecule has 1 fully saturated rings. The fourth-order valence-corrected chi connectivity index (χ4v) is 3.29. The van der Waals surface area contributed by atoms with E-state index in [9.17, 15) is 4.79 Å². The lowest BCUT2D eigenvalue weighted by Crippen LogP contribution is -2.40. The summed E-state index contributed by atoms with van der Waals surface area (Å²) in [4.78, 5) is 18.9. The topological polar surface area (TPSA) is 66.0 Å². The van der Waals surface area contributed by atoms with Gasteiger partial charge in [-0.3, -0.25) is 9.79 Å². The molecule has 0 spiro atoms. The Hall–Kier alpha value is -1.06. The van der Waals surface area contributed by atoms with Gasteiger partial charge in [-0.2, -0.15) is 0 Å². The van der Waals surface area contributed by atoms with Crippen LogP contribution in [0.4, 0.5) is 5.69 Å². The number of anilines is 1. The van der Waals surface area contributed by atoms with Crippen molar-refractivity contribution < 1.29 is 9.53 Å². The Kier molecular flexibility index (Phi) is 13.3. The normalized spacial score (nSPS) is 14.8. The van der Waals surface area contributed by atoms with E-state index in [1.165, 1.54) is 0 Å². The second-order valence-electron chi connectivity index (χ2n) is 7.16. The van der Waals surface area contributed by atoms with E-state index in [2.05, 4.69) is 34.5 Å². The summed E-state index contributed by atoms with van der Waals surface area (Å²) in [5, 5.41) is 6.88. The Morgan fingerprint density at radius 1 is 1.28 bits per heavy atom. The highest BCUT2D eigenvalue weighted by Crippen LogP contribution is 2.18. The van der Waals surface area contributed by atoms with Crippen molar-refractivity contribution >= 4 is 53.1 Å². The third kappa shape index (κ3) is 10.5. The van der Waals surface area contributed by atoms with Crippen LogP contribution in [0.1, 0.15) is 39.0 Å². The van der Waals surface area contributed by atoms with Gasteiger partial charge < -0.3 is 20.3 Å². The summed E-state index contributed by atoms with van der Waals surface area (Å²) in [6.07, 6.45) is 4.63. The average molecular weight is 537 g/mol. The number of carbonyl (C=O) groups is 1. The van der Waals surface area contributed by atoms with E-state index < -0.39 is 0 Å². The molecular weight excluding hydrogens is 503 g/mol. The van der Waals surface area contributed by atoms with Crippen LogP contribution >= 0.6 is 35.6 Å². The van der Waals surface area contributed by atoms with E-state index in [0.717, 1.165) is 63.1 Å². The number of ether oxygens (including phenoxy) is 1. The van der Waals surface area contributed by atoms with E-state index in [0.29, 0.717) is 24.4 Å². The van der Waals surface area contributed by atoms with Crippen LogP contribution < -0.4 is 10.6 Å². The van der Waals surface area contributed by atoms with Crippen molar-refractivity contribution in [3.8, 4) is 0 Å². The number of guanidine groups is 1. The molecule has 0 saturated carbocycles. The molecular formula is C21H34ClIN4O2. The van der Waals surface area contributed by atoms with Gasteiger partial charge >= 0.3 is 0 Å². The molecule has 0 bridgehead atoms. The number of hydrogen-bond acceptors (Lipinski definition) is 3. The number of hydrogen-bond donors (Lipinski definition) is 2. The van der Waals surface area contributed by atoms with Crippen molar-refractivity contribution in [2.45, 2.75) is 39.0 Å². The SMILES string of the molecule is CCNC(=NCCCC(=O)Nc1ccc(Cl)cc1)N(C)CCC1CCOCC1.I. The van der Waals surface area contributed by atoms with Crippen molar-refractivity contribution in [3.63, 3.8) is 0 Å². The molecule has 1 heterocycles. The Balaban J connectivity index is 0.00000420. The van der Waals surface area contributed by atoms with Crippen LogP contribution in [-0.2, 0) is 9.53 Å². The lowest BCUT2D eigenvalue weighted by atomic mass is 9.96. The van der Waals surface area contributed by atoms with Crippen molar-refractivity contribution in [2.75, 3.05) is 45.2 Å². The molecule has 0 aromatic heterocycles. The Morgan fingerprint density at radius 3 is 2.62 bits per heavy atom. The van der Waals surface area contributed by atoms with Gasteiger partial charge in [-0.25, -0.2) is 0 Å². The van der Waals surface area contributed by atoms with E-state index in [1.54, 1.807) is 24.3 Å². The molecule has 29 heavy (non-hydrogen) atoms. The summed E-state index contributed by atoms with van der Waals surface area (Å²) in [6, 6.07) is 7.13. The lowest BCUT2D eigenvalue weighted by molar-refractivity contribution is -0.116. The maximum Gasteiger partial charge on any atom is 0.224 e. The molecule has 1 aliphatic rings. The first-order valence-electron chi connectivity index (χ1n) is 10.2. The zero-order valence-corrected chi connectivity index (χ0v) is 20.5. The summed E-state index contributed by atoms with van der Waals surface area (Å²) in [6.45, 7) is 6.28. The maximum atomic E-state index is 12.1. The first-order valence-corrected chi connectivity index (χ1v) is 10.6. The maximum absolute atomic E-state index is 12.1. The Labute approximate surface area is 196 Å². The van der Waals surface area contributed by atoms with Crippen LogP contribution in [0.3, 0.4) is 0 Å². The quantitative estimate of drug-likeness (QED) is 0.213. The minimum absolute atomic E-state index is 0. The van der Waals surface area contributed by atoms with Gasteiger partial charge in [0.2, 0.25) is 5.91 Å². The van der Waals surface area contributed by atoms with Gasteiger partial charge in [-0.1, -0.05) is 11.6 Å². The summed E-state index contributed by atoms with van der Waals surface area (Å²) in [7, 11) is 2.08. The van der Waals surface area contributed by atoms with Crippen molar-refractivity contribution in [2.24, 2.45) is 10.9 Å². The molecule has 1 amide bonds. The van der Waals surface area contributed by atoms with Crippen molar-refractivity contribution in [3.05, 3.63) is 29.3 Å². The number of nitrogens with zero attached hydrogens (tertiary/aromatic N) is 2. The molecule has 2 N–H and O–H groups in total. The molecule has 0 unspecified atom stereocenters. The highest BCUT2D eigenvalue weighted by atomic mass is 127. The minimum Gasteiger partial charge on any atom is -0.381 e. The predicted octanol–water partition coefficient (Wildman–Crippen LogP) is 4.39. The number of nitrogens with one attached hydrogen (secondary N) is 2. The molecule has 6 nitrogen and oxygen atoms in total. The molecule has 0 atom stereocenters. The van der Waals surface area contributed by atoms with Gasteiger partial charge in [0, 0.05) is 57.0 Å². The number of carbonyl (C=O) groups excluding carboxylic acids is 1. The first-order chi connectivity index (χ1) is 13.6. The third-order valence-corrected chi connectivity index (χ3v) is 5.11. The van der Waals surface area contributed by atoms with Gasteiger partial charge in [0.05, 0.1) is 0 Å². The van der Waals surface area contributed by atoms with Crippen LogP contribution in [0.5, 0.6) is 0 Å². The highest BCUT2D eigenvalue weighted by molar-refractivity contribution is 14.0. The van der Waals surface area contributed by atoms with E-state index >= 15 is 0 Å². The van der Waals surface area contributed by atoms with Gasteiger partial charge in [-0.05, 0) is 62.8 Å². The van der Waals surface area contributed by atoms with E-state index in [1.807, 2.05) is 0 Å². The van der Waals surface area contributed by atoms with Crippen LogP contribution in [0.2, 0.25) is 5.02 Å². The van der Waals surface area contributed by atoms with Gasteiger partial charge in [-0.15, -0.1) is 24.0 Å². The summed E-state index contributed by atoms with van der Waals surface area (Å²) < 4.78 is 5.43. The van der Waals surface area contributed by atoms with Gasteiger partial charge in [0.1, 0.15) is 0 Å². The third-order valence-electron chi connectivity index (χ3n) is 4.86. The molecule has 1 aliphatic heterocycles. The largest absolute Gasteiger partial charge is 0.381 e. The summed E-state index contributed by atoms with van der Waals surface area (Å²) >= 11 is 5.85. The smallest absolute Gasteiger partial charge is 0.224 e. The number of aliphatic imine (C=N–C) groups is 1. The zero-order valence-electron chi connectivity index (χ0n) is 17.5. The van der Waals surface area contributed by atoms with Crippen LogP contribution in [0.15, 0.2) is 29.3 Å². The van der Waals surface area contributed by atoms with E-state index in [-0.39, 0.29) is 29.9 Å². The zero-order chi connectivity index (χ0) is 20.2. The fourth-order valence-electron chi connectivity index (χ4n) is 3.17. The average Bonchev–Trinajstić information content (AvgIpc) is 2.71. The van der Waals surface area contributed by atoms with Gasteiger partial charge in [0.15, 0.2) is 5.96 Å². The fraction of sp³-hybridized carbons (Fsp3) is 0.619. The Bertz CT molecular complexity index is 622. The predicted molar refractivity (Wildman–Crippen MR) is 131 cm³/mol. The molecule has 0 radical (unpaired) electrons. The Morgan fingerprint density at radius 2 is 1.97 bits per heavy atom. The molecule has 1 saturated heterocycles. The summed E-state index contributed by atoms with van der Waals surface area (Å²) in [5.74, 6) is 1.65. The molecule has 164 valence electrons. The second-order valence-corrected chi connectivity index (χ2v) is 7.60. The van der Waals surface area contributed by atoms with Gasteiger partial charge in [0.25, 0.3) is 0 Å². The lowest BCUT2D eigenvalue weighted by Gasteiger charge is -2.26. The number of rotatable bonds is 9. The number of benzene rings is 1. The van der Waals surface area contributed by atoms with E-state index in [4.69, 9.17) is 16.3 Å². The second kappa shape index (κ2) is 14.8. The molecule has 0 aliphatic carbocycles. The van der Waals surface area contributed by atoms with Crippen molar-refractivity contribution in [1.82, 2.24) is 10.2 Å². The minimum atomic E-state index is -0.00426. The monoisotopic (exact) mass is 536 g/mol. The molecule has 1 aromatic carbocycles. The number of amides is 1. The molecule has 8 heteroatoms. The van der Waals surface area contributed by atoms with Crippen molar-refractivity contribution in [1.29, 1.82) is 0 Å². The first kappa shape index (κ1) is 26.0. The molecule has 1 aromatic rings. The summed E-state index contributed by atoms with van der Waals surface area (Å²) in [5.41, 5.74) is 0.763. The van der Waals surface area contributed by atoms with Crippen LogP contribution in [0, 0.1) is 5.92 Å². The number of halogens is 2. The highest BCUT2D eigenvalue weighted by Gasteiger charge is 2.15. The standard InChI is InChI=1S/C21H33ClN4O2.HI/c1-3-23-21(26(2)14-10-17-11-15-28-16-12-17)24-13-4-5-20(27)25-19-8-6-18(22)7-9-19;/h6-9,17H,3-5,10-16H2,1-2H3,(H,23,24)(H,25,27);1H. The molecule has 2 rings (SSSR count). The van der Waals surface area contributed by atoms with Crippen LogP contribution in [-0.4, -0.2) is 56.7 Å². The van der Waals surface area contributed by atoms with Crippen LogP contribution in [0.25, 0.3) is 0 Å².